The second kappa shape index (κ2) is 8.83. The average molecular weight is 390 g/mol. The second-order valence-electron chi connectivity index (χ2n) is 6.12. The number of carbonyl (C=O) groups is 2. The van der Waals surface area contributed by atoms with Crippen LogP contribution in [-0.2, 0) is 9.47 Å². The summed E-state index contributed by atoms with van der Waals surface area (Å²) in [4.78, 5) is 28.1. The van der Waals surface area contributed by atoms with Crippen LogP contribution in [-0.4, -0.2) is 43.2 Å². The first-order chi connectivity index (χ1) is 13.1. The van der Waals surface area contributed by atoms with Crippen LogP contribution >= 0.6 is 11.6 Å². The zero-order valence-electron chi connectivity index (χ0n) is 14.8. The maximum atomic E-state index is 12.3. The van der Waals surface area contributed by atoms with Gasteiger partial charge in [0.15, 0.2) is 0 Å². The molecule has 1 fully saturated rings. The number of amides is 1. The van der Waals surface area contributed by atoms with Gasteiger partial charge in [-0.15, -0.1) is 0 Å². The fourth-order valence-electron chi connectivity index (χ4n) is 2.77. The lowest BCUT2D eigenvalue weighted by molar-refractivity contribution is 0.0600. The molecule has 27 heavy (non-hydrogen) atoms. The number of ether oxygens (including phenoxy) is 2. The van der Waals surface area contributed by atoms with Crippen LogP contribution in [0.15, 0.2) is 36.7 Å². The van der Waals surface area contributed by atoms with E-state index in [-0.39, 0.29) is 12.0 Å². The molecule has 0 bridgehead atoms. The van der Waals surface area contributed by atoms with Gasteiger partial charge in [-0.25, -0.2) is 4.79 Å². The van der Waals surface area contributed by atoms with Gasteiger partial charge in [0.2, 0.25) is 0 Å². The normalized spacial score (nSPS) is 16.0. The van der Waals surface area contributed by atoms with Crippen LogP contribution in [0.1, 0.15) is 33.6 Å². The van der Waals surface area contributed by atoms with Gasteiger partial charge in [0.25, 0.3) is 5.91 Å². The number of methoxy groups -OCH3 is 1. The summed E-state index contributed by atoms with van der Waals surface area (Å²) in [5.41, 5.74) is 1.86. The van der Waals surface area contributed by atoms with Gasteiger partial charge < -0.3 is 20.1 Å². The fourth-order valence-corrected chi connectivity index (χ4v) is 2.93. The highest BCUT2D eigenvalue weighted by Crippen LogP contribution is 2.27. The number of anilines is 2. The Morgan fingerprint density at radius 1 is 1.30 bits per heavy atom. The average Bonchev–Trinajstić information content (AvgIpc) is 3.21. The molecule has 0 saturated carbocycles. The molecule has 1 atom stereocenters. The van der Waals surface area contributed by atoms with Crippen molar-refractivity contribution in [1.82, 2.24) is 10.3 Å². The number of esters is 1. The van der Waals surface area contributed by atoms with E-state index < -0.39 is 5.97 Å². The van der Waals surface area contributed by atoms with Crippen molar-refractivity contribution in [2.45, 2.75) is 18.9 Å². The molecule has 2 heterocycles. The monoisotopic (exact) mass is 389 g/mol. The summed E-state index contributed by atoms with van der Waals surface area (Å²) >= 11 is 6.19. The van der Waals surface area contributed by atoms with E-state index in [0.29, 0.717) is 34.1 Å². The van der Waals surface area contributed by atoms with E-state index in [4.69, 9.17) is 21.1 Å². The lowest BCUT2D eigenvalue weighted by Gasteiger charge is -2.12. The van der Waals surface area contributed by atoms with Crippen LogP contribution in [0.25, 0.3) is 0 Å². The molecule has 3 rings (SSSR count). The number of nitrogens with zero attached hydrogens (tertiary/aromatic N) is 1. The largest absolute Gasteiger partial charge is 0.465 e. The number of aromatic nitrogens is 1. The molecule has 1 aromatic heterocycles. The summed E-state index contributed by atoms with van der Waals surface area (Å²) in [6, 6.07) is 6.42. The fraction of sp³-hybridized carbons (Fsp3) is 0.316. The quantitative estimate of drug-likeness (QED) is 0.737. The zero-order chi connectivity index (χ0) is 19.2. The minimum absolute atomic E-state index is 0.0723. The minimum Gasteiger partial charge on any atom is -0.465 e. The summed E-state index contributed by atoms with van der Waals surface area (Å²) in [6.45, 7) is 1.22. The molecule has 1 unspecified atom stereocenters. The lowest BCUT2D eigenvalue weighted by Crippen LogP contribution is -2.31. The maximum Gasteiger partial charge on any atom is 0.337 e. The molecule has 2 N–H and O–H groups in total. The highest BCUT2D eigenvalue weighted by molar-refractivity contribution is 6.33. The molecule has 1 aliphatic rings. The Morgan fingerprint density at radius 3 is 2.89 bits per heavy atom. The van der Waals surface area contributed by atoms with Gasteiger partial charge in [-0.05, 0) is 37.1 Å². The second-order valence-corrected chi connectivity index (χ2v) is 6.53. The molecule has 0 radical (unpaired) electrons. The summed E-state index contributed by atoms with van der Waals surface area (Å²) in [5.74, 6) is -0.689. The first-order valence-corrected chi connectivity index (χ1v) is 8.94. The number of nitrogens with one attached hydrogen (secondary N) is 2. The van der Waals surface area contributed by atoms with Crippen LogP contribution in [0.5, 0.6) is 0 Å². The number of halogens is 1. The SMILES string of the molecule is COC(=O)c1ccc(Cl)c(Nc2cncc(C(=O)NCC3CCCO3)c2)c1. The van der Waals surface area contributed by atoms with Crippen molar-refractivity contribution in [2.75, 3.05) is 25.6 Å². The van der Waals surface area contributed by atoms with Crippen molar-refractivity contribution in [1.29, 1.82) is 0 Å². The number of rotatable bonds is 6. The summed E-state index contributed by atoms with van der Waals surface area (Å²) < 4.78 is 10.2. The number of carbonyl (C=O) groups excluding carboxylic acids is 2. The first-order valence-electron chi connectivity index (χ1n) is 8.56. The smallest absolute Gasteiger partial charge is 0.337 e. The van der Waals surface area contributed by atoms with Crippen LogP contribution < -0.4 is 10.6 Å². The highest BCUT2D eigenvalue weighted by Gasteiger charge is 2.17. The molecule has 2 aromatic rings. The number of hydrogen-bond donors (Lipinski definition) is 2. The molecular weight excluding hydrogens is 370 g/mol. The van der Waals surface area contributed by atoms with E-state index in [0.717, 1.165) is 19.4 Å². The highest BCUT2D eigenvalue weighted by atomic mass is 35.5. The molecule has 7 nitrogen and oxygen atoms in total. The van der Waals surface area contributed by atoms with Crippen molar-refractivity contribution in [3.05, 3.63) is 52.8 Å². The standard InChI is InChI=1S/C19H20ClN3O4/c1-26-19(25)12-4-5-16(20)17(8-12)23-14-7-13(9-21-10-14)18(24)22-11-15-3-2-6-27-15/h4-5,7-10,15,23H,2-3,6,11H2,1H3,(H,22,24). The first kappa shape index (κ1) is 19.1. The third-order valence-corrected chi connectivity index (χ3v) is 4.51. The Labute approximate surface area is 162 Å². The molecule has 0 aliphatic carbocycles. The molecule has 0 spiro atoms. The number of pyridine rings is 1. The Kier molecular flexibility index (Phi) is 6.26. The van der Waals surface area contributed by atoms with Gasteiger partial charge in [0.1, 0.15) is 0 Å². The van der Waals surface area contributed by atoms with Gasteiger partial charge in [0.05, 0.1) is 46.9 Å². The third-order valence-electron chi connectivity index (χ3n) is 4.18. The molecule has 1 aromatic carbocycles. The number of benzene rings is 1. The summed E-state index contributed by atoms with van der Waals surface area (Å²) in [5, 5.41) is 6.36. The summed E-state index contributed by atoms with van der Waals surface area (Å²) in [7, 11) is 1.31. The van der Waals surface area contributed by atoms with Crippen molar-refractivity contribution < 1.29 is 19.1 Å². The van der Waals surface area contributed by atoms with Crippen molar-refractivity contribution in [3.63, 3.8) is 0 Å². The molecule has 1 saturated heterocycles. The topological polar surface area (TPSA) is 89.5 Å². The summed E-state index contributed by atoms with van der Waals surface area (Å²) in [6.07, 6.45) is 5.10. The van der Waals surface area contributed by atoms with Gasteiger partial charge >= 0.3 is 5.97 Å². The van der Waals surface area contributed by atoms with Gasteiger partial charge in [-0.2, -0.15) is 0 Å². The molecule has 1 aliphatic heterocycles. The number of hydrogen-bond acceptors (Lipinski definition) is 6. The van der Waals surface area contributed by atoms with Crippen LogP contribution in [0.4, 0.5) is 11.4 Å². The Bertz CT molecular complexity index is 837. The van der Waals surface area contributed by atoms with E-state index in [2.05, 4.69) is 15.6 Å². The predicted molar refractivity (Wildman–Crippen MR) is 102 cm³/mol. The lowest BCUT2D eigenvalue weighted by atomic mass is 10.2. The minimum atomic E-state index is -0.463. The molecular formula is C19H20ClN3O4. The third kappa shape index (κ3) is 4.96. The van der Waals surface area contributed by atoms with E-state index in [1.165, 1.54) is 13.3 Å². The molecule has 8 heteroatoms. The zero-order valence-corrected chi connectivity index (χ0v) is 15.6. The van der Waals surface area contributed by atoms with Crippen molar-refractivity contribution in [3.8, 4) is 0 Å². The Morgan fingerprint density at radius 2 is 2.15 bits per heavy atom. The van der Waals surface area contributed by atoms with Gasteiger partial charge in [-0.3, -0.25) is 9.78 Å². The Hall–Kier alpha value is -2.64. The van der Waals surface area contributed by atoms with E-state index in [1.54, 1.807) is 30.5 Å². The molecule has 142 valence electrons. The van der Waals surface area contributed by atoms with Gasteiger partial charge in [-0.1, -0.05) is 11.6 Å². The van der Waals surface area contributed by atoms with Gasteiger partial charge in [0, 0.05) is 19.3 Å². The predicted octanol–water partition coefficient (Wildman–Crippen LogP) is 3.17. The maximum absolute atomic E-state index is 12.3. The van der Waals surface area contributed by atoms with Crippen molar-refractivity contribution in [2.24, 2.45) is 0 Å². The molecule has 1 amide bonds. The van der Waals surface area contributed by atoms with Crippen LogP contribution in [0.2, 0.25) is 5.02 Å². The van der Waals surface area contributed by atoms with E-state index in [9.17, 15) is 9.59 Å². The van der Waals surface area contributed by atoms with E-state index in [1.807, 2.05) is 0 Å². The Balaban J connectivity index is 1.70. The van der Waals surface area contributed by atoms with Crippen molar-refractivity contribution >= 4 is 34.9 Å². The van der Waals surface area contributed by atoms with Crippen LogP contribution in [0.3, 0.4) is 0 Å². The van der Waals surface area contributed by atoms with Crippen LogP contribution in [0, 0.1) is 0 Å². The van der Waals surface area contributed by atoms with E-state index >= 15 is 0 Å².